The average Bonchev–Trinajstić information content (AvgIpc) is 3.66. The van der Waals surface area contributed by atoms with Crippen molar-refractivity contribution in [2.24, 2.45) is 5.92 Å². The van der Waals surface area contributed by atoms with Gasteiger partial charge >= 0.3 is 11.9 Å². The first-order chi connectivity index (χ1) is 21.7. The van der Waals surface area contributed by atoms with Crippen LogP contribution in [0.15, 0.2) is 48.0 Å². The van der Waals surface area contributed by atoms with Crippen LogP contribution in [-0.2, 0) is 14.3 Å². The molecular weight excluding hydrogens is 594 g/mol. The molecule has 0 unspecified atom stereocenters. The van der Waals surface area contributed by atoms with Crippen LogP contribution in [0.25, 0.3) is 0 Å². The number of carbonyl (C=O) groups excluding carboxylic acids is 3. The highest BCUT2D eigenvalue weighted by Crippen LogP contribution is 2.41. The number of ether oxygens (including phenoxy) is 2. The Balaban J connectivity index is 1.26. The van der Waals surface area contributed by atoms with Gasteiger partial charge in [0.15, 0.2) is 0 Å². The molecule has 1 aromatic heterocycles. The molecule has 236 valence electrons. The lowest BCUT2D eigenvalue weighted by molar-refractivity contribution is -0.138. The molecule has 2 saturated heterocycles. The maximum absolute atomic E-state index is 13.2. The van der Waals surface area contributed by atoms with Gasteiger partial charge in [0, 0.05) is 23.9 Å². The first-order valence-electron chi connectivity index (χ1n) is 15.5. The number of aryl methyl sites for hydroxylation is 1. The third kappa shape index (κ3) is 6.88. The van der Waals surface area contributed by atoms with E-state index in [0.717, 1.165) is 10.4 Å². The van der Waals surface area contributed by atoms with E-state index < -0.39 is 24.0 Å². The number of rotatable bonds is 10. The summed E-state index contributed by atoms with van der Waals surface area (Å²) < 4.78 is 11.6. The number of nitrogens with zero attached hydrogens (tertiary/aromatic N) is 2. The molecule has 0 bridgehead atoms. The smallest absolute Gasteiger partial charge is 0.335 e. The zero-order valence-electron chi connectivity index (χ0n) is 25.4. The fraction of sp³-hybridized carbons (Fsp3) is 0.441. The van der Waals surface area contributed by atoms with Crippen LogP contribution >= 0.6 is 11.3 Å². The number of amides is 2. The minimum atomic E-state index is -1.05. The molecule has 6 rings (SSSR count). The van der Waals surface area contributed by atoms with Gasteiger partial charge in [-0.2, -0.15) is 0 Å². The third-order valence-corrected chi connectivity index (χ3v) is 9.74. The first kappa shape index (κ1) is 30.8. The van der Waals surface area contributed by atoms with Crippen molar-refractivity contribution in [2.45, 2.75) is 69.9 Å². The number of nitrogens with one attached hydrogen (secondary N) is 1. The van der Waals surface area contributed by atoms with Gasteiger partial charge in [-0.05, 0) is 80.3 Å². The van der Waals surface area contributed by atoms with Gasteiger partial charge in [0.1, 0.15) is 24.2 Å². The topological polar surface area (TPSA) is 135 Å². The zero-order chi connectivity index (χ0) is 31.7. The summed E-state index contributed by atoms with van der Waals surface area (Å²) in [5.74, 6) is -1.51. The number of likely N-dealkylation sites (tertiary alicyclic amines) is 1. The van der Waals surface area contributed by atoms with E-state index in [1.54, 1.807) is 28.6 Å². The van der Waals surface area contributed by atoms with Gasteiger partial charge in [-0.3, -0.25) is 14.4 Å². The Morgan fingerprint density at radius 1 is 1.11 bits per heavy atom. The standard InChI is InChI=1S/C34H37N3O7S/c1-19(36-32(39)30-20(2)45-18-35-30)31(23-9-7-22(8-10-23)21-5-6-21)44-26-11-12-27(34(41)42)28(15-26)24-4-3-13-37(16-24)33(40)25-14-29(38)43-17-25/h7-12,15,18-19,21,24-25,31H,3-6,13-14,16-17H2,1-2H3,(H,36,39)(H,41,42)/t19-,24+,25+,31-/m0/s1. The fourth-order valence-corrected chi connectivity index (χ4v) is 6.93. The minimum Gasteiger partial charge on any atom is -0.484 e. The maximum Gasteiger partial charge on any atom is 0.335 e. The monoisotopic (exact) mass is 631 g/mol. The second-order valence-electron chi connectivity index (χ2n) is 12.3. The lowest BCUT2D eigenvalue weighted by Crippen LogP contribution is -2.42. The van der Waals surface area contributed by atoms with Gasteiger partial charge in [0.25, 0.3) is 5.91 Å². The molecule has 1 saturated carbocycles. The Hall–Kier alpha value is -4.25. The molecule has 3 aliphatic rings. The molecule has 2 amide bonds. The van der Waals surface area contributed by atoms with Crippen LogP contribution in [0.3, 0.4) is 0 Å². The predicted octanol–water partition coefficient (Wildman–Crippen LogP) is 5.23. The van der Waals surface area contributed by atoms with Crippen molar-refractivity contribution in [3.63, 3.8) is 0 Å². The van der Waals surface area contributed by atoms with Crippen molar-refractivity contribution >= 4 is 35.1 Å². The van der Waals surface area contributed by atoms with Gasteiger partial charge in [-0.15, -0.1) is 11.3 Å². The average molecular weight is 632 g/mol. The number of hydrogen-bond acceptors (Lipinski definition) is 8. The fourth-order valence-electron chi connectivity index (χ4n) is 6.36. The van der Waals surface area contributed by atoms with Crippen LogP contribution in [0, 0.1) is 12.8 Å². The second-order valence-corrected chi connectivity index (χ2v) is 13.3. The molecule has 11 heteroatoms. The lowest BCUT2D eigenvalue weighted by Gasteiger charge is -2.35. The van der Waals surface area contributed by atoms with Crippen LogP contribution in [-0.4, -0.2) is 64.5 Å². The van der Waals surface area contributed by atoms with Crippen LogP contribution in [0.5, 0.6) is 5.75 Å². The number of benzene rings is 2. The molecule has 4 atom stereocenters. The molecular formula is C34H37N3O7S. The number of aromatic nitrogens is 1. The molecule has 0 radical (unpaired) electrons. The Morgan fingerprint density at radius 2 is 1.89 bits per heavy atom. The van der Waals surface area contributed by atoms with E-state index in [1.165, 1.54) is 29.7 Å². The minimum absolute atomic E-state index is 0.0729. The van der Waals surface area contributed by atoms with Gasteiger partial charge in [-0.25, -0.2) is 9.78 Å². The quantitative estimate of drug-likeness (QED) is 0.290. The van der Waals surface area contributed by atoms with Crippen molar-refractivity contribution in [2.75, 3.05) is 19.7 Å². The number of carboxylic acid groups (broad SMARTS) is 1. The number of piperidine rings is 1. The Morgan fingerprint density at radius 3 is 2.53 bits per heavy atom. The van der Waals surface area contributed by atoms with E-state index >= 15 is 0 Å². The highest BCUT2D eigenvalue weighted by Gasteiger charge is 2.36. The summed E-state index contributed by atoms with van der Waals surface area (Å²) in [5.41, 5.74) is 4.94. The van der Waals surface area contributed by atoms with E-state index in [2.05, 4.69) is 22.4 Å². The molecule has 2 aliphatic heterocycles. The van der Waals surface area contributed by atoms with E-state index in [-0.39, 0.29) is 42.3 Å². The lowest BCUT2D eigenvalue weighted by atomic mass is 9.86. The number of cyclic esters (lactones) is 1. The number of carboxylic acids is 1. The number of esters is 1. The number of aromatic carboxylic acids is 1. The maximum atomic E-state index is 13.2. The molecule has 10 nitrogen and oxygen atoms in total. The molecule has 0 spiro atoms. The summed E-state index contributed by atoms with van der Waals surface area (Å²) in [6, 6.07) is 12.8. The number of carbonyl (C=O) groups is 4. The first-order valence-corrected chi connectivity index (χ1v) is 16.3. The summed E-state index contributed by atoms with van der Waals surface area (Å²) in [5, 5.41) is 13.1. The molecule has 2 N–H and O–H groups in total. The SMILES string of the molecule is Cc1scnc1C(=O)N[C@@H](C)[C@H](Oc1ccc(C(=O)O)c([C@@H]2CCCN(C(=O)[C@H]3COC(=O)C3)C2)c1)c1ccc(C2CC2)cc1. The van der Waals surface area contributed by atoms with Crippen molar-refractivity contribution in [1.29, 1.82) is 0 Å². The summed E-state index contributed by atoms with van der Waals surface area (Å²) in [7, 11) is 0. The summed E-state index contributed by atoms with van der Waals surface area (Å²) in [6.45, 7) is 4.72. The zero-order valence-corrected chi connectivity index (χ0v) is 26.2. The Kier molecular flexibility index (Phi) is 8.89. The highest BCUT2D eigenvalue weighted by atomic mass is 32.1. The van der Waals surface area contributed by atoms with Crippen LogP contribution in [0.4, 0.5) is 0 Å². The van der Waals surface area contributed by atoms with Gasteiger partial charge in [0.2, 0.25) is 5.91 Å². The summed E-state index contributed by atoms with van der Waals surface area (Å²) in [6.07, 6.45) is 3.29. The number of thiazole rings is 1. The van der Waals surface area contributed by atoms with E-state index in [4.69, 9.17) is 9.47 Å². The van der Waals surface area contributed by atoms with E-state index in [9.17, 15) is 24.3 Å². The second kappa shape index (κ2) is 13.0. The molecule has 1 aliphatic carbocycles. The van der Waals surface area contributed by atoms with Crippen LogP contribution in [0.2, 0.25) is 0 Å². The van der Waals surface area contributed by atoms with Gasteiger partial charge in [-0.1, -0.05) is 24.3 Å². The largest absolute Gasteiger partial charge is 0.484 e. The highest BCUT2D eigenvalue weighted by molar-refractivity contribution is 7.09. The van der Waals surface area contributed by atoms with E-state index in [1.807, 2.05) is 26.0 Å². The predicted molar refractivity (Wildman–Crippen MR) is 167 cm³/mol. The van der Waals surface area contributed by atoms with E-state index in [0.29, 0.717) is 48.9 Å². The van der Waals surface area contributed by atoms with Crippen molar-refractivity contribution < 1.29 is 33.8 Å². The number of hydrogen-bond donors (Lipinski definition) is 2. The van der Waals surface area contributed by atoms with Crippen LogP contribution < -0.4 is 10.1 Å². The van der Waals surface area contributed by atoms with Gasteiger partial charge < -0.3 is 24.8 Å². The third-order valence-electron chi connectivity index (χ3n) is 8.98. The normalized spacial score (nSPS) is 21.1. The Bertz CT molecular complexity index is 1600. The molecule has 3 fully saturated rings. The summed E-state index contributed by atoms with van der Waals surface area (Å²) in [4.78, 5) is 57.0. The molecule has 3 aromatic rings. The van der Waals surface area contributed by atoms with Crippen LogP contribution in [0.1, 0.15) is 99.4 Å². The summed E-state index contributed by atoms with van der Waals surface area (Å²) >= 11 is 1.41. The molecule has 2 aromatic carbocycles. The van der Waals surface area contributed by atoms with Crippen molar-refractivity contribution in [1.82, 2.24) is 15.2 Å². The molecule has 45 heavy (non-hydrogen) atoms. The Labute approximate surface area is 265 Å². The van der Waals surface area contributed by atoms with Crippen molar-refractivity contribution in [3.05, 3.63) is 80.8 Å². The van der Waals surface area contributed by atoms with Gasteiger partial charge in [0.05, 0.1) is 29.5 Å². The van der Waals surface area contributed by atoms with Crippen molar-refractivity contribution in [3.8, 4) is 5.75 Å². The molecule has 3 heterocycles.